The first-order valence-corrected chi connectivity index (χ1v) is 17.3. The molecule has 44 heavy (non-hydrogen) atoms. The van der Waals surface area contributed by atoms with E-state index < -0.39 is 0 Å². The Labute approximate surface area is 266 Å². The first-order valence-electron chi connectivity index (χ1n) is 17.3. The van der Waals surface area contributed by atoms with Gasteiger partial charge in [0.1, 0.15) is 34.2 Å². The third-order valence-corrected chi connectivity index (χ3v) is 10.7. The van der Waals surface area contributed by atoms with Crippen LogP contribution in [0.1, 0.15) is 141 Å². The first-order chi connectivity index (χ1) is 20.8. The molecule has 0 unspecified atom stereocenters. The summed E-state index contributed by atoms with van der Waals surface area (Å²) in [5.74, 6) is 4.20. The van der Waals surface area contributed by atoms with Crippen LogP contribution >= 0.6 is 0 Å². The van der Waals surface area contributed by atoms with Crippen molar-refractivity contribution in [1.82, 2.24) is 0 Å². The van der Waals surface area contributed by atoms with E-state index in [1.165, 1.54) is 28.7 Å². The molecule has 0 aromatic heterocycles. The van der Waals surface area contributed by atoms with Crippen LogP contribution in [-0.2, 0) is 12.8 Å². The molecule has 4 aliphatic rings. The molecular weight excluding hydrogens is 544 g/mol. The zero-order valence-electron chi connectivity index (χ0n) is 28.6. The van der Waals surface area contributed by atoms with Gasteiger partial charge in [-0.15, -0.1) is 0 Å². The molecule has 0 radical (unpaired) electrons. The second kappa shape index (κ2) is 12.9. The highest BCUT2D eigenvalue weighted by Crippen LogP contribution is 2.55. The van der Waals surface area contributed by atoms with E-state index in [4.69, 9.17) is 9.47 Å². The van der Waals surface area contributed by atoms with Gasteiger partial charge in [-0.05, 0) is 128 Å². The summed E-state index contributed by atoms with van der Waals surface area (Å²) in [5, 5.41) is 21.3. The summed E-state index contributed by atoms with van der Waals surface area (Å²) in [7, 11) is 0. The molecule has 4 atom stereocenters. The summed E-state index contributed by atoms with van der Waals surface area (Å²) in [6, 6.07) is 8.22. The van der Waals surface area contributed by atoms with Gasteiger partial charge in [-0.25, -0.2) is 0 Å². The molecule has 2 aliphatic carbocycles. The second-order valence-corrected chi connectivity index (χ2v) is 15.1. The summed E-state index contributed by atoms with van der Waals surface area (Å²) >= 11 is 0. The number of phenols is 2. The predicted octanol–water partition coefficient (Wildman–Crippen LogP) is 10.7. The van der Waals surface area contributed by atoms with Gasteiger partial charge >= 0.3 is 0 Å². The molecule has 0 saturated heterocycles. The van der Waals surface area contributed by atoms with Gasteiger partial charge in [0.25, 0.3) is 0 Å². The number of unbranched alkanes of at least 4 members (excludes halogenated alkanes) is 2. The molecule has 4 nitrogen and oxygen atoms in total. The number of hydrogen-bond acceptors (Lipinski definition) is 4. The largest absolute Gasteiger partial charge is 0.508 e. The van der Waals surface area contributed by atoms with Crippen LogP contribution < -0.4 is 9.47 Å². The topological polar surface area (TPSA) is 58.9 Å². The summed E-state index contributed by atoms with van der Waals surface area (Å²) in [6.07, 6.45) is 15.7. The SMILES string of the molecule is CCCCc1cc(O)c2c(c1)OC(C)(C)[C@@H]1CC=C(C)C[C@@H]21.CCCCc1cc(O)c2c(c1)OC(C)(C)[C@@H]1CCC(C)=C[C@@H]21. The van der Waals surface area contributed by atoms with Gasteiger partial charge in [0.05, 0.1) is 0 Å². The number of benzene rings is 2. The van der Waals surface area contributed by atoms with Crippen molar-refractivity contribution in [3.05, 3.63) is 69.8 Å². The maximum absolute atomic E-state index is 10.6. The fraction of sp³-hybridized carbons (Fsp3) is 0.600. The van der Waals surface area contributed by atoms with E-state index in [0.29, 0.717) is 29.3 Å². The molecule has 2 aromatic rings. The van der Waals surface area contributed by atoms with Gasteiger partial charge in [0.2, 0.25) is 0 Å². The normalized spacial score (nSPS) is 25.7. The van der Waals surface area contributed by atoms with E-state index in [0.717, 1.165) is 80.4 Å². The van der Waals surface area contributed by atoms with Gasteiger partial charge in [-0.2, -0.15) is 0 Å². The van der Waals surface area contributed by atoms with Crippen molar-refractivity contribution in [2.45, 2.75) is 143 Å². The van der Waals surface area contributed by atoms with Crippen LogP contribution in [0.5, 0.6) is 23.0 Å². The van der Waals surface area contributed by atoms with Crippen molar-refractivity contribution in [2.75, 3.05) is 0 Å². The first kappa shape index (κ1) is 32.5. The third kappa shape index (κ3) is 6.56. The maximum Gasteiger partial charge on any atom is 0.127 e. The van der Waals surface area contributed by atoms with Crippen LogP contribution in [-0.4, -0.2) is 21.4 Å². The smallest absolute Gasteiger partial charge is 0.127 e. The zero-order valence-corrected chi connectivity index (χ0v) is 28.6. The van der Waals surface area contributed by atoms with Crippen LogP contribution in [0.3, 0.4) is 0 Å². The summed E-state index contributed by atoms with van der Waals surface area (Å²) in [4.78, 5) is 0. The molecule has 0 bridgehead atoms. The van der Waals surface area contributed by atoms with Gasteiger partial charge in [-0.1, -0.05) is 50.0 Å². The number of rotatable bonds is 6. The molecule has 2 aromatic carbocycles. The maximum atomic E-state index is 10.6. The van der Waals surface area contributed by atoms with E-state index in [1.54, 1.807) is 0 Å². The minimum Gasteiger partial charge on any atom is -0.508 e. The molecule has 4 heteroatoms. The minimum absolute atomic E-state index is 0.176. The zero-order chi connectivity index (χ0) is 31.8. The van der Waals surface area contributed by atoms with Crippen molar-refractivity contribution >= 4 is 0 Å². The van der Waals surface area contributed by atoms with Crippen molar-refractivity contribution in [1.29, 1.82) is 0 Å². The molecule has 2 heterocycles. The predicted molar refractivity (Wildman–Crippen MR) is 181 cm³/mol. The lowest BCUT2D eigenvalue weighted by molar-refractivity contribution is 0.00749. The van der Waals surface area contributed by atoms with E-state index >= 15 is 0 Å². The van der Waals surface area contributed by atoms with Crippen LogP contribution in [0.4, 0.5) is 0 Å². The quantitative estimate of drug-likeness (QED) is 0.324. The highest BCUT2D eigenvalue weighted by Gasteiger charge is 2.46. The Hall–Kier alpha value is -2.88. The number of hydrogen-bond donors (Lipinski definition) is 2. The molecule has 2 aliphatic heterocycles. The third-order valence-electron chi connectivity index (χ3n) is 10.7. The number of aromatic hydroxyl groups is 2. The van der Waals surface area contributed by atoms with Crippen LogP contribution in [0, 0.1) is 11.8 Å². The van der Waals surface area contributed by atoms with E-state index in [9.17, 15) is 10.2 Å². The molecule has 0 spiro atoms. The molecule has 6 rings (SSSR count). The van der Waals surface area contributed by atoms with Crippen molar-refractivity contribution in [2.24, 2.45) is 11.8 Å². The van der Waals surface area contributed by atoms with E-state index in [2.05, 4.69) is 79.7 Å². The van der Waals surface area contributed by atoms with Gasteiger partial charge < -0.3 is 19.7 Å². The standard InChI is InChI=1S/2C20H28O2/c2*1-5-6-7-14-11-17(21)19-15-10-13(2)8-9-16(15)20(3,4)22-18(19)12-14/h10-12,15-16,21H,5-9H2,1-4H3;8,11-12,15-16,21H,5-7,9-10H2,1-4H3/t2*15-,16-/m11/s1. The monoisotopic (exact) mass is 600 g/mol. The highest BCUT2D eigenvalue weighted by atomic mass is 16.5. The Balaban J connectivity index is 0.000000175. The molecule has 0 amide bonds. The number of phenolic OH excluding ortho intramolecular Hbond substituents is 2. The summed E-state index contributed by atoms with van der Waals surface area (Å²) < 4.78 is 12.7. The Morgan fingerprint density at radius 2 is 1.30 bits per heavy atom. The van der Waals surface area contributed by atoms with E-state index in [-0.39, 0.29) is 17.1 Å². The van der Waals surface area contributed by atoms with Crippen LogP contribution in [0.15, 0.2) is 47.6 Å². The molecule has 0 saturated carbocycles. The Bertz CT molecular complexity index is 1400. The fourth-order valence-electron chi connectivity index (χ4n) is 8.25. The van der Waals surface area contributed by atoms with Gasteiger partial charge in [0, 0.05) is 34.8 Å². The lowest BCUT2D eigenvalue weighted by atomic mass is 9.67. The second-order valence-electron chi connectivity index (χ2n) is 15.1. The Morgan fingerprint density at radius 1 is 0.750 bits per heavy atom. The minimum atomic E-state index is -0.176. The fourth-order valence-corrected chi connectivity index (χ4v) is 8.25. The number of aryl methyl sites for hydroxylation is 2. The average molecular weight is 601 g/mol. The van der Waals surface area contributed by atoms with Crippen LogP contribution in [0.2, 0.25) is 0 Å². The molecule has 2 N–H and O–H groups in total. The number of fused-ring (bicyclic) bond motifs is 6. The Kier molecular flexibility index (Phi) is 9.50. The molecule has 240 valence electrons. The lowest BCUT2D eigenvalue weighted by Crippen LogP contribution is -2.45. The lowest BCUT2D eigenvalue weighted by Gasteiger charge is -2.47. The highest BCUT2D eigenvalue weighted by molar-refractivity contribution is 5.54. The molecule has 0 fully saturated rings. The Morgan fingerprint density at radius 3 is 1.89 bits per heavy atom. The summed E-state index contributed by atoms with van der Waals surface area (Å²) in [6.45, 7) is 17.6. The number of ether oxygens (including phenoxy) is 2. The van der Waals surface area contributed by atoms with Crippen molar-refractivity contribution in [3.63, 3.8) is 0 Å². The average Bonchev–Trinajstić information content (AvgIpc) is 2.93. The van der Waals surface area contributed by atoms with Crippen molar-refractivity contribution < 1.29 is 19.7 Å². The number of allylic oxidation sites excluding steroid dienone is 4. The molecular formula is C40H56O4. The summed E-state index contributed by atoms with van der Waals surface area (Å²) in [5.41, 5.74) is 6.92. The van der Waals surface area contributed by atoms with E-state index in [1.807, 2.05) is 12.1 Å². The van der Waals surface area contributed by atoms with Crippen LogP contribution in [0.25, 0.3) is 0 Å². The van der Waals surface area contributed by atoms with Crippen molar-refractivity contribution in [3.8, 4) is 23.0 Å². The van der Waals surface area contributed by atoms with Gasteiger partial charge in [-0.3, -0.25) is 0 Å². The van der Waals surface area contributed by atoms with Gasteiger partial charge in [0.15, 0.2) is 0 Å².